The van der Waals surface area contributed by atoms with Gasteiger partial charge >= 0.3 is 0 Å². The van der Waals surface area contributed by atoms with Crippen LogP contribution in [0.1, 0.15) is 6.92 Å². The van der Waals surface area contributed by atoms with Gasteiger partial charge in [-0.15, -0.1) is 0 Å². The first-order valence-electron chi connectivity index (χ1n) is 10.2. The zero-order valence-corrected chi connectivity index (χ0v) is 17.4. The Morgan fingerprint density at radius 3 is 2.61 bits per heavy atom. The summed E-state index contributed by atoms with van der Waals surface area (Å²) in [5.74, 6) is 3.54. The molecule has 1 aliphatic rings. The average Bonchev–Trinajstić information content (AvgIpc) is 2.83. The molecule has 2 aromatic carbocycles. The molecule has 0 amide bonds. The first-order chi connectivity index (χ1) is 15.3. The number of nitrogens with one attached hydrogen (secondary N) is 1. The third-order valence-corrected chi connectivity index (χ3v) is 5.10. The third-order valence-electron chi connectivity index (χ3n) is 5.10. The van der Waals surface area contributed by atoms with E-state index in [1.54, 1.807) is 12.4 Å². The van der Waals surface area contributed by atoms with Gasteiger partial charge < -0.3 is 19.5 Å². The van der Waals surface area contributed by atoms with Gasteiger partial charge in [-0.1, -0.05) is 6.07 Å². The molecule has 0 saturated carbocycles. The fourth-order valence-electron chi connectivity index (χ4n) is 3.67. The number of pyridine rings is 1. The lowest BCUT2D eigenvalue weighted by molar-refractivity contribution is 0.171. The number of hydrogen-bond donors (Lipinski definition) is 1. The molecular weight excluding hydrogens is 392 g/mol. The van der Waals surface area contributed by atoms with Gasteiger partial charge in [0.1, 0.15) is 30.3 Å². The van der Waals surface area contributed by atoms with Crippen LogP contribution < -0.4 is 19.5 Å². The fraction of sp³-hybridized carbons (Fsp3) is 0.208. The van der Waals surface area contributed by atoms with E-state index in [4.69, 9.17) is 24.2 Å². The molecule has 1 N–H and O–H groups in total. The molecule has 1 aliphatic heterocycles. The number of aromatic nitrogens is 3. The van der Waals surface area contributed by atoms with Gasteiger partial charge in [-0.05, 0) is 54.4 Å². The maximum Gasteiger partial charge on any atom is 0.163 e. The second-order valence-electron chi connectivity index (χ2n) is 7.05. The lowest BCUT2D eigenvalue weighted by atomic mass is 10.0. The van der Waals surface area contributed by atoms with Gasteiger partial charge in [0.15, 0.2) is 17.3 Å². The van der Waals surface area contributed by atoms with Crippen molar-refractivity contribution in [1.82, 2.24) is 15.0 Å². The second-order valence-corrected chi connectivity index (χ2v) is 7.05. The lowest BCUT2D eigenvalue weighted by Gasteiger charge is -2.19. The number of anilines is 1. The smallest absolute Gasteiger partial charge is 0.163 e. The summed E-state index contributed by atoms with van der Waals surface area (Å²) >= 11 is 0. The molecule has 0 aliphatic carbocycles. The number of hydrogen-bond acceptors (Lipinski definition) is 7. The van der Waals surface area contributed by atoms with E-state index in [0.717, 1.165) is 44.9 Å². The molecule has 0 bridgehead atoms. The zero-order valence-electron chi connectivity index (χ0n) is 17.4. The van der Waals surface area contributed by atoms with Crippen LogP contribution in [0.2, 0.25) is 0 Å². The van der Waals surface area contributed by atoms with E-state index in [-0.39, 0.29) is 0 Å². The highest BCUT2D eigenvalue weighted by molar-refractivity contribution is 5.98. The Hall–Kier alpha value is -3.87. The summed E-state index contributed by atoms with van der Waals surface area (Å²) in [4.78, 5) is 13.7. The van der Waals surface area contributed by atoms with Gasteiger partial charge in [-0.25, -0.2) is 9.97 Å². The molecule has 0 radical (unpaired) electrons. The van der Waals surface area contributed by atoms with Crippen molar-refractivity contribution in [3.63, 3.8) is 0 Å². The molecule has 156 valence electrons. The van der Waals surface area contributed by atoms with Crippen LogP contribution in [-0.2, 0) is 0 Å². The lowest BCUT2D eigenvalue weighted by Crippen LogP contribution is -2.15. The van der Waals surface area contributed by atoms with Gasteiger partial charge in [0.05, 0.1) is 6.61 Å². The van der Waals surface area contributed by atoms with E-state index in [2.05, 4.69) is 16.4 Å². The summed E-state index contributed by atoms with van der Waals surface area (Å²) in [6, 6.07) is 13.9. The van der Waals surface area contributed by atoms with E-state index < -0.39 is 0 Å². The third kappa shape index (κ3) is 3.59. The van der Waals surface area contributed by atoms with E-state index >= 15 is 0 Å². The fourth-order valence-corrected chi connectivity index (χ4v) is 3.67. The highest BCUT2D eigenvalue weighted by atomic mass is 16.6. The molecule has 0 unspecified atom stereocenters. The largest absolute Gasteiger partial charge is 0.492 e. The molecule has 0 spiro atoms. The number of nitrogens with zero attached hydrogens (tertiary/aromatic N) is 3. The van der Waals surface area contributed by atoms with Crippen molar-refractivity contribution in [3.8, 4) is 39.8 Å². The van der Waals surface area contributed by atoms with Crippen LogP contribution in [0.4, 0.5) is 5.82 Å². The van der Waals surface area contributed by atoms with Crippen LogP contribution in [0.25, 0.3) is 33.4 Å². The zero-order chi connectivity index (χ0) is 21.2. The van der Waals surface area contributed by atoms with Crippen LogP contribution in [0, 0.1) is 0 Å². The quantitative estimate of drug-likeness (QED) is 0.512. The summed E-state index contributed by atoms with van der Waals surface area (Å²) in [7, 11) is 1.85. The molecule has 5 rings (SSSR count). The summed E-state index contributed by atoms with van der Waals surface area (Å²) in [5.41, 5.74) is 3.59. The topological polar surface area (TPSA) is 78.4 Å². The van der Waals surface area contributed by atoms with E-state index in [0.29, 0.717) is 31.4 Å². The van der Waals surface area contributed by atoms with Crippen molar-refractivity contribution < 1.29 is 14.2 Å². The molecule has 0 saturated heterocycles. The minimum absolute atomic E-state index is 0.529. The molecule has 4 aromatic rings. The van der Waals surface area contributed by atoms with Crippen molar-refractivity contribution in [3.05, 3.63) is 54.9 Å². The Bertz CT molecular complexity index is 1240. The highest BCUT2D eigenvalue weighted by Gasteiger charge is 2.17. The Labute approximate surface area is 180 Å². The second kappa shape index (κ2) is 8.10. The summed E-state index contributed by atoms with van der Waals surface area (Å²) in [6.45, 7) is 3.61. The molecular formula is C24H22N4O3. The van der Waals surface area contributed by atoms with Crippen molar-refractivity contribution in [2.75, 3.05) is 32.2 Å². The summed E-state index contributed by atoms with van der Waals surface area (Å²) < 4.78 is 17.4. The van der Waals surface area contributed by atoms with Gasteiger partial charge in [0.25, 0.3) is 0 Å². The number of fused-ring (bicyclic) bond motifs is 2. The molecule has 7 nitrogen and oxygen atoms in total. The molecule has 3 heterocycles. The molecule has 0 fully saturated rings. The predicted molar refractivity (Wildman–Crippen MR) is 120 cm³/mol. The number of rotatable bonds is 5. The Morgan fingerprint density at radius 1 is 0.968 bits per heavy atom. The average molecular weight is 414 g/mol. The number of ether oxygens (including phenoxy) is 3. The first kappa shape index (κ1) is 19.1. The van der Waals surface area contributed by atoms with E-state index in [9.17, 15) is 0 Å². The van der Waals surface area contributed by atoms with Gasteiger partial charge in [0, 0.05) is 30.4 Å². The Balaban J connectivity index is 1.70. The van der Waals surface area contributed by atoms with Gasteiger partial charge in [0.2, 0.25) is 0 Å². The minimum atomic E-state index is 0.529. The highest BCUT2D eigenvalue weighted by Crippen LogP contribution is 2.39. The van der Waals surface area contributed by atoms with Crippen LogP contribution in [0.3, 0.4) is 0 Å². The van der Waals surface area contributed by atoms with Crippen LogP contribution >= 0.6 is 0 Å². The summed E-state index contributed by atoms with van der Waals surface area (Å²) in [6.07, 6.45) is 3.49. The first-order valence-corrected chi connectivity index (χ1v) is 10.2. The Kier molecular flexibility index (Phi) is 5.00. The van der Waals surface area contributed by atoms with E-state index in [1.807, 2.05) is 50.4 Å². The van der Waals surface area contributed by atoms with Gasteiger partial charge in [-0.2, -0.15) is 0 Å². The molecule has 7 heteroatoms. The van der Waals surface area contributed by atoms with Crippen molar-refractivity contribution in [2.24, 2.45) is 0 Å². The number of benzene rings is 2. The summed E-state index contributed by atoms with van der Waals surface area (Å²) in [5, 5.41) is 4.09. The van der Waals surface area contributed by atoms with Crippen LogP contribution in [-0.4, -0.2) is 41.8 Å². The van der Waals surface area contributed by atoms with Crippen LogP contribution in [0.15, 0.2) is 54.9 Å². The van der Waals surface area contributed by atoms with Crippen molar-refractivity contribution >= 4 is 16.7 Å². The molecule has 2 aromatic heterocycles. The van der Waals surface area contributed by atoms with E-state index in [1.165, 1.54) is 0 Å². The molecule has 31 heavy (non-hydrogen) atoms. The van der Waals surface area contributed by atoms with Crippen molar-refractivity contribution in [1.29, 1.82) is 0 Å². The van der Waals surface area contributed by atoms with Crippen LogP contribution in [0.5, 0.6) is 17.2 Å². The maximum absolute atomic E-state index is 5.99. The van der Waals surface area contributed by atoms with Gasteiger partial charge in [-0.3, -0.25) is 4.98 Å². The Morgan fingerprint density at radius 2 is 1.84 bits per heavy atom. The molecule has 0 atom stereocenters. The predicted octanol–water partition coefficient (Wildman–Crippen LogP) is 4.57. The standard InChI is InChI=1S/C24H22N4O3/c1-3-29-21-13-17(15-6-7-19-20(12-15)31-10-9-30-19)11-18-22(21)27-23(28-24(18)25-2)16-5-4-8-26-14-16/h4-8,11-14H,3,9-10H2,1-2H3,(H,25,27,28). The minimum Gasteiger partial charge on any atom is -0.492 e. The SMILES string of the molecule is CCOc1cc(-c2ccc3c(c2)OCCO3)cc2c(NC)nc(-c3cccnc3)nc12. The normalized spacial score (nSPS) is 12.6. The maximum atomic E-state index is 5.99. The monoisotopic (exact) mass is 414 g/mol. The van der Waals surface area contributed by atoms with Crippen molar-refractivity contribution in [2.45, 2.75) is 6.92 Å².